The molecule has 1 saturated carbocycles. The first-order valence-corrected chi connectivity index (χ1v) is 10.9. The third kappa shape index (κ3) is 3.84. The lowest BCUT2D eigenvalue weighted by Crippen LogP contribution is -2.43. The Morgan fingerprint density at radius 3 is 2.50 bits per heavy atom. The molecule has 2 bridgehead atoms. The molecular formula is C22H27ClN4O3. The Morgan fingerprint density at radius 2 is 1.87 bits per heavy atom. The fourth-order valence-corrected chi connectivity index (χ4v) is 5.10. The largest absolute Gasteiger partial charge is 0.386 e. The van der Waals surface area contributed by atoms with Gasteiger partial charge in [-0.3, -0.25) is 19.5 Å². The lowest BCUT2D eigenvalue weighted by atomic mass is 9.85. The number of guanidine groups is 1. The highest BCUT2D eigenvalue weighted by molar-refractivity contribution is 6.31. The lowest BCUT2D eigenvalue weighted by molar-refractivity contribution is -0.140. The van der Waals surface area contributed by atoms with Crippen molar-refractivity contribution >= 4 is 29.4 Å². The lowest BCUT2D eigenvalue weighted by Gasteiger charge is -2.19. The Balaban J connectivity index is 1.32. The maximum Gasteiger partial charge on any atom is 0.233 e. The second-order valence-corrected chi connectivity index (χ2v) is 8.42. The highest BCUT2D eigenvalue weighted by Crippen LogP contribution is 2.52. The van der Waals surface area contributed by atoms with Crippen molar-refractivity contribution in [1.82, 2.24) is 15.5 Å². The number of likely N-dealkylation sites (tertiary alicyclic amines) is 1. The van der Waals surface area contributed by atoms with Gasteiger partial charge < -0.3 is 15.7 Å². The van der Waals surface area contributed by atoms with Crippen LogP contribution in [0.1, 0.15) is 25.0 Å². The molecule has 0 radical (unpaired) electrons. The van der Waals surface area contributed by atoms with E-state index in [-0.39, 0.29) is 42.0 Å². The number of carbonyl (C=O) groups is 2. The maximum absolute atomic E-state index is 12.7. The average Bonchev–Trinajstić information content (AvgIpc) is 3.41. The number of fused-ring (bicyclic) bond motifs is 5. The highest BCUT2D eigenvalue weighted by atomic mass is 35.5. The minimum absolute atomic E-state index is 0.0419. The first-order valence-electron chi connectivity index (χ1n) is 10.5. The molecule has 3 N–H and O–H groups in total. The number of imide groups is 1. The zero-order valence-electron chi connectivity index (χ0n) is 16.9. The van der Waals surface area contributed by atoms with Crippen molar-refractivity contribution in [3.63, 3.8) is 0 Å². The Bertz CT molecular complexity index is 857. The van der Waals surface area contributed by atoms with E-state index in [0.717, 1.165) is 6.42 Å². The average molecular weight is 431 g/mol. The number of amides is 2. The van der Waals surface area contributed by atoms with Crippen LogP contribution < -0.4 is 10.6 Å². The number of aliphatic imine (C=N–C) groups is 1. The van der Waals surface area contributed by atoms with E-state index in [2.05, 4.69) is 27.8 Å². The van der Waals surface area contributed by atoms with Crippen LogP contribution in [0.4, 0.5) is 0 Å². The first kappa shape index (κ1) is 20.9. The van der Waals surface area contributed by atoms with E-state index >= 15 is 0 Å². The van der Waals surface area contributed by atoms with Gasteiger partial charge in [-0.05, 0) is 31.2 Å². The summed E-state index contributed by atoms with van der Waals surface area (Å²) in [6.07, 6.45) is 4.31. The normalized spacial score (nSPS) is 28.2. The van der Waals surface area contributed by atoms with Gasteiger partial charge in [-0.2, -0.15) is 0 Å². The van der Waals surface area contributed by atoms with Crippen LogP contribution in [-0.4, -0.2) is 54.0 Å². The summed E-state index contributed by atoms with van der Waals surface area (Å²) in [6.45, 7) is 3.43. The molecule has 5 unspecified atom stereocenters. The van der Waals surface area contributed by atoms with Gasteiger partial charge in [-0.25, -0.2) is 0 Å². The molecule has 1 saturated heterocycles. The van der Waals surface area contributed by atoms with E-state index in [1.807, 2.05) is 19.1 Å². The number of allylic oxidation sites excluding steroid dienone is 2. The molecule has 4 rings (SSSR count). The summed E-state index contributed by atoms with van der Waals surface area (Å²) in [5, 5.41) is 17.1. The number of aliphatic hydroxyl groups is 1. The summed E-state index contributed by atoms with van der Waals surface area (Å²) < 4.78 is 0. The number of benzene rings is 1. The summed E-state index contributed by atoms with van der Waals surface area (Å²) in [5.74, 6) is 0.545. The molecular weight excluding hydrogens is 404 g/mol. The van der Waals surface area contributed by atoms with Crippen LogP contribution in [0.5, 0.6) is 0 Å². The molecule has 2 aliphatic carbocycles. The molecule has 7 nitrogen and oxygen atoms in total. The molecule has 0 spiro atoms. The van der Waals surface area contributed by atoms with Gasteiger partial charge in [0.05, 0.1) is 18.4 Å². The fourth-order valence-electron chi connectivity index (χ4n) is 4.83. The van der Waals surface area contributed by atoms with Gasteiger partial charge in [0.15, 0.2) is 5.96 Å². The van der Waals surface area contributed by atoms with Gasteiger partial charge in [-0.15, -0.1) is 0 Å². The molecule has 1 heterocycles. The summed E-state index contributed by atoms with van der Waals surface area (Å²) >= 11 is 6.13. The van der Waals surface area contributed by atoms with E-state index in [4.69, 9.17) is 11.6 Å². The monoisotopic (exact) mass is 430 g/mol. The van der Waals surface area contributed by atoms with Crippen LogP contribution in [0.2, 0.25) is 5.02 Å². The number of rotatable bonds is 7. The van der Waals surface area contributed by atoms with Crippen LogP contribution >= 0.6 is 11.6 Å². The van der Waals surface area contributed by atoms with Crippen molar-refractivity contribution in [3.8, 4) is 0 Å². The Hall–Kier alpha value is -2.38. The number of nitrogens with zero attached hydrogens (tertiary/aromatic N) is 2. The number of aliphatic hydroxyl groups excluding tert-OH is 1. The molecule has 30 heavy (non-hydrogen) atoms. The standard InChI is InChI=1S/C22H27ClN4O3/c1-2-24-22(26-12-17(28)15-5-3-4-6-16(15)23)25-9-10-27-20(29)18-13-7-8-14(11-13)19(18)21(27)30/h3-8,13-14,17-19,28H,2,9-12H2,1H3,(H2,24,25,26). The Morgan fingerprint density at radius 1 is 1.20 bits per heavy atom. The van der Waals surface area contributed by atoms with Crippen LogP contribution in [0.15, 0.2) is 41.4 Å². The smallest absolute Gasteiger partial charge is 0.233 e. The predicted molar refractivity (Wildman–Crippen MR) is 115 cm³/mol. The van der Waals surface area contributed by atoms with Crippen LogP contribution in [0.3, 0.4) is 0 Å². The van der Waals surface area contributed by atoms with E-state index in [9.17, 15) is 14.7 Å². The summed E-state index contributed by atoms with van der Waals surface area (Å²) in [5.41, 5.74) is 0.627. The van der Waals surface area contributed by atoms with Crippen molar-refractivity contribution in [2.45, 2.75) is 19.4 Å². The second kappa shape index (κ2) is 8.78. The molecule has 8 heteroatoms. The predicted octanol–water partition coefficient (Wildman–Crippen LogP) is 1.74. The first-order chi connectivity index (χ1) is 14.5. The second-order valence-electron chi connectivity index (χ2n) is 8.01. The van der Waals surface area contributed by atoms with E-state index in [1.54, 1.807) is 12.1 Å². The highest BCUT2D eigenvalue weighted by Gasteiger charge is 2.58. The number of hydrogen-bond acceptors (Lipinski definition) is 4. The van der Waals surface area contributed by atoms with Crippen LogP contribution in [0.25, 0.3) is 0 Å². The van der Waals surface area contributed by atoms with Crippen molar-refractivity contribution in [2.24, 2.45) is 28.7 Å². The number of hydrogen-bond donors (Lipinski definition) is 3. The minimum atomic E-state index is -0.821. The van der Waals surface area contributed by atoms with Crippen molar-refractivity contribution in [1.29, 1.82) is 0 Å². The van der Waals surface area contributed by atoms with Crippen molar-refractivity contribution in [2.75, 3.05) is 26.2 Å². The molecule has 1 aromatic rings. The molecule has 1 aromatic carbocycles. The minimum Gasteiger partial charge on any atom is -0.386 e. The Kier molecular flexibility index (Phi) is 6.11. The van der Waals surface area contributed by atoms with Gasteiger partial charge in [-0.1, -0.05) is 42.0 Å². The van der Waals surface area contributed by atoms with Gasteiger partial charge in [0.1, 0.15) is 6.10 Å². The van der Waals surface area contributed by atoms with Gasteiger partial charge in [0.2, 0.25) is 11.8 Å². The van der Waals surface area contributed by atoms with Gasteiger partial charge >= 0.3 is 0 Å². The van der Waals surface area contributed by atoms with Gasteiger partial charge in [0, 0.05) is 30.2 Å². The van der Waals surface area contributed by atoms with Crippen LogP contribution in [-0.2, 0) is 9.59 Å². The van der Waals surface area contributed by atoms with E-state index in [1.165, 1.54) is 4.90 Å². The fraction of sp³-hybridized carbons (Fsp3) is 0.500. The zero-order chi connectivity index (χ0) is 21.3. The summed E-state index contributed by atoms with van der Waals surface area (Å²) in [6, 6.07) is 7.13. The summed E-state index contributed by atoms with van der Waals surface area (Å²) in [4.78, 5) is 31.3. The third-order valence-electron chi connectivity index (χ3n) is 6.22. The van der Waals surface area contributed by atoms with Crippen LogP contribution in [0, 0.1) is 23.7 Å². The topological polar surface area (TPSA) is 94.0 Å². The maximum atomic E-state index is 12.7. The van der Waals surface area contributed by atoms with Crippen molar-refractivity contribution in [3.05, 3.63) is 47.0 Å². The molecule has 0 aromatic heterocycles. The van der Waals surface area contributed by atoms with E-state index < -0.39 is 6.10 Å². The summed E-state index contributed by atoms with van der Waals surface area (Å²) in [7, 11) is 0. The molecule has 2 fully saturated rings. The number of halogens is 1. The van der Waals surface area contributed by atoms with Crippen molar-refractivity contribution < 1.29 is 14.7 Å². The molecule has 5 atom stereocenters. The third-order valence-corrected chi connectivity index (χ3v) is 6.56. The van der Waals surface area contributed by atoms with E-state index in [0.29, 0.717) is 36.2 Å². The Labute approximate surface area is 181 Å². The SMILES string of the molecule is CCNC(=NCC(O)c1ccccc1Cl)NCCN1C(=O)C2C3C=CC(C3)C2C1=O. The molecule has 3 aliphatic rings. The molecule has 1 aliphatic heterocycles. The number of carbonyl (C=O) groups excluding carboxylic acids is 2. The molecule has 160 valence electrons. The zero-order valence-corrected chi connectivity index (χ0v) is 17.7. The molecule has 2 amide bonds. The van der Waals surface area contributed by atoms with Gasteiger partial charge in [0.25, 0.3) is 0 Å². The quantitative estimate of drug-likeness (QED) is 0.265. The number of nitrogens with one attached hydrogen (secondary N) is 2.